The molecule has 1 aromatic carbocycles. The zero-order valence-electron chi connectivity index (χ0n) is 20.7. The Morgan fingerprint density at radius 3 is 2.65 bits per heavy atom. The van der Waals surface area contributed by atoms with Gasteiger partial charge < -0.3 is 14.6 Å². The standard InChI is InChI=1S/C27H30FN7OS/c28-21-2-4-22-20(5-6-29-22)24(21)26-31-23-3-1-18(15-33-16-19(17-33)34-9-13-37-14-10-34)30-25(23)27(32-26)35-7-11-36-12-8-35/h1-6,19,29H,7-17H2. The summed E-state index contributed by atoms with van der Waals surface area (Å²) in [6, 6.07) is 9.83. The number of aromatic nitrogens is 4. The molecule has 0 radical (unpaired) electrons. The van der Waals surface area contributed by atoms with E-state index in [4.69, 9.17) is 19.7 Å². The SMILES string of the molecule is Fc1ccc2[nH]ccc2c1-c1nc(N2CCOCC2)c2nc(CN3CC(N4CCSCC4)C3)ccc2n1. The molecule has 10 heteroatoms. The van der Waals surface area contributed by atoms with E-state index in [-0.39, 0.29) is 5.82 Å². The number of rotatable bonds is 5. The van der Waals surface area contributed by atoms with E-state index < -0.39 is 0 Å². The van der Waals surface area contributed by atoms with Crippen LogP contribution in [-0.4, -0.2) is 99.8 Å². The number of fused-ring (bicyclic) bond motifs is 2. The molecule has 3 aliphatic heterocycles. The van der Waals surface area contributed by atoms with E-state index >= 15 is 4.39 Å². The number of morpholine rings is 1. The molecule has 4 aromatic rings. The minimum absolute atomic E-state index is 0.330. The lowest BCUT2D eigenvalue weighted by atomic mass is 10.1. The molecule has 0 saturated carbocycles. The number of hydrogen-bond donors (Lipinski definition) is 1. The first kappa shape index (κ1) is 23.3. The summed E-state index contributed by atoms with van der Waals surface area (Å²) in [5.74, 6) is 3.30. The third kappa shape index (κ3) is 4.46. The largest absolute Gasteiger partial charge is 0.378 e. The Bertz CT molecular complexity index is 1430. The van der Waals surface area contributed by atoms with Gasteiger partial charge in [0.2, 0.25) is 0 Å². The summed E-state index contributed by atoms with van der Waals surface area (Å²) in [6.07, 6.45) is 1.82. The van der Waals surface area contributed by atoms with Gasteiger partial charge in [0, 0.05) is 80.5 Å². The normalized spacial score (nSPS) is 20.1. The van der Waals surface area contributed by atoms with E-state index in [1.54, 1.807) is 6.07 Å². The number of anilines is 1. The van der Waals surface area contributed by atoms with E-state index in [9.17, 15) is 0 Å². The van der Waals surface area contributed by atoms with Crippen molar-refractivity contribution >= 4 is 39.5 Å². The van der Waals surface area contributed by atoms with Crippen molar-refractivity contribution < 1.29 is 9.13 Å². The average Bonchev–Trinajstić information content (AvgIpc) is 3.39. The Morgan fingerprint density at radius 2 is 1.81 bits per heavy atom. The fraction of sp³-hybridized carbons (Fsp3) is 0.444. The number of H-pyrrole nitrogens is 1. The number of nitrogens with zero attached hydrogens (tertiary/aromatic N) is 6. The fourth-order valence-electron chi connectivity index (χ4n) is 5.64. The lowest BCUT2D eigenvalue weighted by Crippen LogP contribution is -2.60. The number of pyridine rings is 1. The van der Waals surface area contributed by atoms with Crippen LogP contribution in [0, 0.1) is 5.82 Å². The molecule has 0 amide bonds. The molecular formula is C27H30FN7OS. The highest BCUT2D eigenvalue weighted by Crippen LogP contribution is 2.33. The van der Waals surface area contributed by atoms with Gasteiger partial charge in [-0.1, -0.05) is 0 Å². The van der Waals surface area contributed by atoms with Crippen molar-refractivity contribution in [3.05, 3.63) is 48.0 Å². The van der Waals surface area contributed by atoms with E-state index in [1.807, 2.05) is 18.3 Å². The summed E-state index contributed by atoms with van der Waals surface area (Å²) in [5.41, 5.74) is 3.80. The fourth-order valence-corrected chi connectivity index (χ4v) is 6.57. The van der Waals surface area contributed by atoms with Crippen LogP contribution in [0.15, 0.2) is 36.5 Å². The molecular weight excluding hydrogens is 489 g/mol. The molecule has 3 saturated heterocycles. The van der Waals surface area contributed by atoms with Crippen LogP contribution in [0.3, 0.4) is 0 Å². The maximum absolute atomic E-state index is 15.1. The molecule has 0 atom stereocenters. The van der Waals surface area contributed by atoms with Crippen molar-refractivity contribution in [2.75, 3.05) is 68.9 Å². The minimum Gasteiger partial charge on any atom is -0.378 e. The van der Waals surface area contributed by atoms with Gasteiger partial charge in [-0.15, -0.1) is 0 Å². The number of hydrogen-bond acceptors (Lipinski definition) is 8. The number of thioether (sulfide) groups is 1. The molecule has 0 spiro atoms. The van der Waals surface area contributed by atoms with Crippen LogP contribution in [-0.2, 0) is 11.3 Å². The van der Waals surface area contributed by atoms with Crippen molar-refractivity contribution in [1.82, 2.24) is 29.7 Å². The van der Waals surface area contributed by atoms with E-state index in [2.05, 4.69) is 37.5 Å². The summed E-state index contributed by atoms with van der Waals surface area (Å²) in [7, 11) is 0. The van der Waals surface area contributed by atoms with Gasteiger partial charge in [-0.25, -0.2) is 19.3 Å². The topological polar surface area (TPSA) is 73.4 Å². The minimum atomic E-state index is -0.330. The second-order valence-corrected chi connectivity index (χ2v) is 11.2. The average molecular weight is 520 g/mol. The van der Waals surface area contributed by atoms with Gasteiger partial charge in [0.1, 0.15) is 11.3 Å². The Hall–Kier alpha value is -2.79. The van der Waals surface area contributed by atoms with Crippen LogP contribution in [0.2, 0.25) is 0 Å². The first-order chi connectivity index (χ1) is 18.2. The molecule has 7 rings (SSSR count). The van der Waals surface area contributed by atoms with Gasteiger partial charge >= 0.3 is 0 Å². The lowest BCUT2D eigenvalue weighted by molar-refractivity contribution is 0.0335. The number of aromatic amines is 1. The van der Waals surface area contributed by atoms with Gasteiger partial charge in [-0.3, -0.25) is 9.80 Å². The zero-order chi connectivity index (χ0) is 24.8. The van der Waals surface area contributed by atoms with Crippen molar-refractivity contribution in [2.45, 2.75) is 12.6 Å². The van der Waals surface area contributed by atoms with Crippen LogP contribution in [0.4, 0.5) is 10.2 Å². The van der Waals surface area contributed by atoms with Crippen LogP contribution in [0.1, 0.15) is 5.69 Å². The van der Waals surface area contributed by atoms with Crippen molar-refractivity contribution in [2.24, 2.45) is 0 Å². The number of nitrogens with one attached hydrogen (secondary N) is 1. The summed E-state index contributed by atoms with van der Waals surface area (Å²) in [5, 5.41) is 0.775. The summed E-state index contributed by atoms with van der Waals surface area (Å²) in [4.78, 5) is 25.3. The molecule has 0 bridgehead atoms. The molecule has 0 unspecified atom stereocenters. The van der Waals surface area contributed by atoms with Crippen molar-refractivity contribution in [1.29, 1.82) is 0 Å². The maximum Gasteiger partial charge on any atom is 0.165 e. The molecule has 3 fully saturated rings. The van der Waals surface area contributed by atoms with Gasteiger partial charge in [-0.05, 0) is 30.3 Å². The van der Waals surface area contributed by atoms with Crippen molar-refractivity contribution in [3.8, 4) is 11.4 Å². The highest BCUT2D eigenvalue weighted by Gasteiger charge is 2.32. The molecule has 1 N–H and O–H groups in total. The smallest absolute Gasteiger partial charge is 0.165 e. The van der Waals surface area contributed by atoms with E-state index in [0.717, 1.165) is 66.2 Å². The van der Waals surface area contributed by atoms with E-state index in [0.29, 0.717) is 30.6 Å². The highest BCUT2D eigenvalue weighted by atomic mass is 32.2. The predicted molar refractivity (Wildman–Crippen MR) is 146 cm³/mol. The molecule has 0 aliphatic carbocycles. The molecule has 3 aromatic heterocycles. The van der Waals surface area contributed by atoms with Gasteiger partial charge in [-0.2, -0.15) is 11.8 Å². The predicted octanol–water partition coefficient (Wildman–Crippen LogP) is 3.38. The maximum atomic E-state index is 15.1. The van der Waals surface area contributed by atoms with E-state index in [1.165, 1.54) is 30.7 Å². The molecule has 192 valence electrons. The first-order valence-electron chi connectivity index (χ1n) is 13.0. The molecule has 6 heterocycles. The number of halogens is 1. The number of ether oxygens (including phenoxy) is 1. The van der Waals surface area contributed by atoms with Crippen LogP contribution >= 0.6 is 11.8 Å². The van der Waals surface area contributed by atoms with Gasteiger partial charge in [0.15, 0.2) is 11.6 Å². The summed E-state index contributed by atoms with van der Waals surface area (Å²) < 4.78 is 20.7. The lowest BCUT2D eigenvalue weighted by Gasteiger charge is -2.46. The van der Waals surface area contributed by atoms with Crippen LogP contribution in [0.5, 0.6) is 0 Å². The molecule has 37 heavy (non-hydrogen) atoms. The third-order valence-corrected chi connectivity index (χ3v) is 8.63. The zero-order valence-corrected chi connectivity index (χ0v) is 21.5. The highest BCUT2D eigenvalue weighted by molar-refractivity contribution is 7.99. The van der Waals surface area contributed by atoms with Gasteiger partial charge in [0.05, 0.1) is 30.0 Å². The van der Waals surface area contributed by atoms with Crippen LogP contribution < -0.4 is 4.90 Å². The van der Waals surface area contributed by atoms with Crippen LogP contribution in [0.25, 0.3) is 33.3 Å². The van der Waals surface area contributed by atoms with Crippen molar-refractivity contribution in [3.63, 3.8) is 0 Å². The quantitative estimate of drug-likeness (QED) is 0.430. The summed E-state index contributed by atoms with van der Waals surface area (Å²) >= 11 is 2.06. The molecule has 3 aliphatic rings. The second kappa shape index (κ2) is 9.83. The van der Waals surface area contributed by atoms with Gasteiger partial charge in [0.25, 0.3) is 0 Å². The Balaban J connectivity index is 1.22. The Labute approximate surface area is 219 Å². The number of likely N-dealkylation sites (tertiary alicyclic amines) is 1. The molecule has 8 nitrogen and oxygen atoms in total. The third-order valence-electron chi connectivity index (χ3n) is 7.68. The number of benzene rings is 1. The first-order valence-corrected chi connectivity index (χ1v) is 14.2. The monoisotopic (exact) mass is 519 g/mol. The Kier molecular flexibility index (Phi) is 6.20. The second-order valence-electron chi connectivity index (χ2n) is 10.00. The summed E-state index contributed by atoms with van der Waals surface area (Å²) in [6.45, 7) is 8.11. The Morgan fingerprint density at radius 1 is 0.973 bits per heavy atom.